The first-order valence-electron chi connectivity index (χ1n) is 8.83. The summed E-state index contributed by atoms with van der Waals surface area (Å²) in [6.45, 7) is 1.51. The van der Waals surface area contributed by atoms with Crippen LogP contribution in [0.5, 0.6) is 0 Å². The fourth-order valence-corrected chi connectivity index (χ4v) is 3.17. The zero-order chi connectivity index (χ0) is 18.6. The Labute approximate surface area is 156 Å². The first kappa shape index (κ1) is 17.4. The quantitative estimate of drug-likeness (QED) is 0.693. The van der Waals surface area contributed by atoms with Gasteiger partial charge in [-0.15, -0.1) is 0 Å². The molecule has 0 unspecified atom stereocenters. The summed E-state index contributed by atoms with van der Waals surface area (Å²) in [5.74, 6) is 0.194. The third-order valence-corrected chi connectivity index (χ3v) is 4.65. The zero-order valence-electron chi connectivity index (χ0n) is 14.7. The Morgan fingerprint density at radius 3 is 2.74 bits per heavy atom. The molecule has 2 aromatic carbocycles. The maximum Gasteiger partial charge on any atom is 0.248 e. The second kappa shape index (κ2) is 7.72. The summed E-state index contributed by atoms with van der Waals surface area (Å²) in [7, 11) is 0. The van der Waals surface area contributed by atoms with E-state index in [4.69, 9.17) is 9.26 Å². The first-order valence-corrected chi connectivity index (χ1v) is 8.83. The molecule has 0 spiro atoms. The van der Waals surface area contributed by atoms with Gasteiger partial charge < -0.3 is 14.2 Å². The average Bonchev–Trinajstić information content (AvgIpc) is 3.17. The van der Waals surface area contributed by atoms with Crippen LogP contribution in [-0.2, 0) is 29.1 Å². The molecule has 4 rings (SSSR count). The third kappa shape index (κ3) is 4.06. The minimum atomic E-state index is -0.305. The average molecular weight is 366 g/mol. The number of nitrogens with zero attached hydrogens (tertiary/aromatic N) is 2. The smallest absolute Gasteiger partial charge is 0.248 e. The number of carbonyl (C=O) groups excluding carboxylic acids is 1. The first-order chi connectivity index (χ1) is 13.2. The number of benzene rings is 2. The van der Waals surface area contributed by atoms with E-state index in [2.05, 4.69) is 17.3 Å². The fraction of sp³-hybridized carbons (Fsp3) is 0.238. The molecule has 27 heavy (non-hydrogen) atoms. The van der Waals surface area contributed by atoms with Gasteiger partial charge in [0.15, 0.2) is 5.76 Å². The molecule has 6 heteroatoms. The van der Waals surface area contributed by atoms with Crippen LogP contribution >= 0.6 is 0 Å². The molecular formula is C21H19FN2O3. The van der Waals surface area contributed by atoms with E-state index >= 15 is 0 Å². The van der Waals surface area contributed by atoms with Gasteiger partial charge in [0.2, 0.25) is 5.91 Å². The molecule has 0 bridgehead atoms. The maximum atomic E-state index is 13.0. The van der Waals surface area contributed by atoms with Gasteiger partial charge in [-0.1, -0.05) is 29.4 Å². The summed E-state index contributed by atoms with van der Waals surface area (Å²) in [4.78, 5) is 14.2. The van der Waals surface area contributed by atoms with Crippen LogP contribution in [0.2, 0.25) is 0 Å². The molecule has 1 aromatic heterocycles. The number of amides is 1. The summed E-state index contributed by atoms with van der Waals surface area (Å²) >= 11 is 0. The Balaban J connectivity index is 1.29. The molecular weight excluding hydrogens is 347 g/mol. The van der Waals surface area contributed by atoms with Crippen molar-refractivity contribution in [2.45, 2.75) is 19.6 Å². The highest BCUT2D eigenvalue weighted by Crippen LogP contribution is 2.21. The highest BCUT2D eigenvalue weighted by molar-refractivity contribution is 5.77. The van der Waals surface area contributed by atoms with Gasteiger partial charge in [-0.05, 0) is 41.8 Å². The number of rotatable bonds is 5. The zero-order valence-corrected chi connectivity index (χ0v) is 14.7. The molecule has 0 fully saturated rings. The minimum absolute atomic E-state index is 0.000901. The number of aromatic nitrogens is 1. The van der Waals surface area contributed by atoms with Gasteiger partial charge in [-0.25, -0.2) is 4.39 Å². The molecule has 0 saturated heterocycles. The molecule has 138 valence electrons. The summed E-state index contributed by atoms with van der Waals surface area (Å²) in [5.41, 5.74) is 3.82. The summed E-state index contributed by atoms with van der Waals surface area (Å²) in [6, 6.07) is 15.9. The third-order valence-electron chi connectivity index (χ3n) is 4.65. The van der Waals surface area contributed by atoms with Crippen LogP contribution in [0, 0.1) is 5.82 Å². The fourth-order valence-electron chi connectivity index (χ4n) is 3.17. The van der Waals surface area contributed by atoms with Gasteiger partial charge in [0.1, 0.15) is 18.1 Å². The molecule has 0 aliphatic carbocycles. The van der Waals surface area contributed by atoms with Crippen LogP contribution in [-0.4, -0.2) is 29.1 Å². The molecule has 2 heterocycles. The van der Waals surface area contributed by atoms with E-state index in [1.54, 1.807) is 18.2 Å². The Bertz CT molecular complexity index is 937. The normalized spacial score (nSPS) is 13.4. The maximum absolute atomic E-state index is 13.0. The van der Waals surface area contributed by atoms with Crippen molar-refractivity contribution in [1.29, 1.82) is 0 Å². The van der Waals surface area contributed by atoms with Crippen molar-refractivity contribution in [2.75, 3.05) is 13.2 Å². The van der Waals surface area contributed by atoms with Gasteiger partial charge >= 0.3 is 0 Å². The predicted molar refractivity (Wildman–Crippen MR) is 97.1 cm³/mol. The lowest BCUT2D eigenvalue weighted by Crippen LogP contribution is -2.38. The number of halogens is 1. The van der Waals surface area contributed by atoms with Crippen molar-refractivity contribution in [3.05, 3.63) is 77.2 Å². The van der Waals surface area contributed by atoms with Crippen LogP contribution in [0.1, 0.15) is 16.8 Å². The molecule has 1 amide bonds. The minimum Gasteiger partial charge on any atom is -0.365 e. The van der Waals surface area contributed by atoms with Crippen molar-refractivity contribution >= 4 is 5.91 Å². The lowest BCUT2D eigenvalue weighted by atomic mass is 10.00. The van der Waals surface area contributed by atoms with Gasteiger partial charge in [0.05, 0.1) is 6.61 Å². The Morgan fingerprint density at radius 1 is 1.15 bits per heavy atom. The van der Waals surface area contributed by atoms with E-state index in [9.17, 15) is 9.18 Å². The molecule has 1 aliphatic rings. The Morgan fingerprint density at radius 2 is 1.93 bits per heavy atom. The van der Waals surface area contributed by atoms with E-state index in [1.807, 2.05) is 17.0 Å². The van der Waals surface area contributed by atoms with Crippen molar-refractivity contribution in [3.8, 4) is 11.3 Å². The summed E-state index contributed by atoms with van der Waals surface area (Å²) < 4.78 is 23.8. The molecule has 0 radical (unpaired) electrons. The standard InChI is InChI=1S/C21H19FN2O3/c22-18-7-5-16(6-8-18)20-11-19(23-27-20)13-26-14-21(25)24-10-9-15-3-1-2-4-17(15)12-24/h1-8,11H,9-10,12-14H2. The number of ether oxygens (including phenoxy) is 1. The molecule has 3 aromatic rings. The van der Waals surface area contributed by atoms with Crippen molar-refractivity contribution in [2.24, 2.45) is 0 Å². The molecule has 5 nitrogen and oxygen atoms in total. The van der Waals surface area contributed by atoms with Crippen LogP contribution < -0.4 is 0 Å². The second-order valence-electron chi connectivity index (χ2n) is 6.52. The molecule has 1 aliphatic heterocycles. The van der Waals surface area contributed by atoms with Crippen LogP contribution in [0.15, 0.2) is 59.1 Å². The van der Waals surface area contributed by atoms with Gasteiger partial charge in [0, 0.05) is 24.7 Å². The Kier molecular flexibility index (Phi) is 4.98. The molecule has 0 atom stereocenters. The van der Waals surface area contributed by atoms with Crippen LogP contribution in [0.25, 0.3) is 11.3 Å². The largest absolute Gasteiger partial charge is 0.365 e. The van der Waals surface area contributed by atoms with Gasteiger partial charge in [0.25, 0.3) is 0 Å². The van der Waals surface area contributed by atoms with Crippen molar-refractivity contribution in [3.63, 3.8) is 0 Å². The van der Waals surface area contributed by atoms with Crippen LogP contribution in [0.4, 0.5) is 4.39 Å². The van der Waals surface area contributed by atoms with E-state index < -0.39 is 0 Å². The van der Waals surface area contributed by atoms with E-state index in [1.165, 1.54) is 23.3 Å². The predicted octanol–water partition coefficient (Wildman–Crippen LogP) is 3.58. The van der Waals surface area contributed by atoms with E-state index in [-0.39, 0.29) is 24.9 Å². The second-order valence-corrected chi connectivity index (χ2v) is 6.52. The summed E-state index contributed by atoms with van der Waals surface area (Å²) in [6.07, 6.45) is 0.867. The van der Waals surface area contributed by atoms with E-state index in [0.717, 1.165) is 12.0 Å². The van der Waals surface area contributed by atoms with Gasteiger partial charge in [-0.3, -0.25) is 4.79 Å². The number of fused-ring (bicyclic) bond motifs is 1. The lowest BCUT2D eigenvalue weighted by Gasteiger charge is -2.28. The monoisotopic (exact) mass is 366 g/mol. The highest BCUT2D eigenvalue weighted by Gasteiger charge is 2.20. The van der Waals surface area contributed by atoms with E-state index in [0.29, 0.717) is 24.5 Å². The van der Waals surface area contributed by atoms with Crippen molar-refractivity contribution < 1.29 is 18.4 Å². The number of hydrogen-bond donors (Lipinski definition) is 0. The Hall–Kier alpha value is -2.99. The number of carbonyl (C=O) groups is 1. The lowest BCUT2D eigenvalue weighted by molar-refractivity contribution is -0.137. The van der Waals surface area contributed by atoms with Crippen molar-refractivity contribution in [1.82, 2.24) is 10.1 Å². The number of hydrogen-bond acceptors (Lipinski definition) is 4. The summed E-state index contributed by atoms with van der Waals surface area (Å²) in [5, 5.41) is 3.94. The SMILES string of the molecule is O=C(COCc1cc(-c2ccc(F)cc2)on1)N1CCc2ccccc2C1. The highest BCUT2D eigenvalue weighted by atomic mass is 19.1. The van der Waals surface area contributed by atoms with Gasteiger partial charge in [-0.2, -0.15) is 0 Å². The topological polar surface area (TPSA) is 55.6 Å². The molecule has 0 N–H and O–H groups in total. The van der Waals surface area contributed by atoms with Crippen LogP contribution in [0.3, 0.4) is 0 Å². The molecule has 0 saturated carbocycles.